The molecule has 0 aliphatic heterocycles. The molecule has 18 heavy (non-hydrogen) atoms. The second-order valence-corrected chi connectivity index (χ2v) is 5.08. The summed E-state index contributed by atoms with van der Waals surface area (Å²) in [5, 5.41) is 0. The number of aryl methyl sites for hydroxylation is 1. The molecular weight excluding hydrogens is 226 g/mol. The fourth-order valence-corrected chi connectivity index (χ4v) is 2.57. The Labute approximate surface area is 108 Å². The molecule has 0 spiro atoms. The van der Waals surface area contributed by atoms with Crippen molar-refractivity contribution in [3.8, 4) is 5.75 Å². The Kier molecular flexibility index (Phi) is 4.37. The molecule has 3 heteroatoms. The zero-order valence-corrected chi connectivity index (χ0v) is 10.9. The average molecular weight is 247 g/mol. The van der Waals surface area contributed by atoms with Gasteiger partial charge in [0.15, 0.2) is 0 Å². The number of carbonyl (C=O) groups excluding carboxylic acids is 1. The van der Waals surface area contributed by atoms with E-state index in [9.17, 15) is 4.79 Å². The molecule has 0 amide bonds. The number of hydrogen-bond donors (Lipinski definition) is 1. The van der Waals surface area contributed by atoms with Crippen LogP contribution in [-0.4, -0.2) is 18.9 Å². The van der Waals surface area contributed by atoms with Crippen molar-refractivity contribution in [1.82, 2.24) is 0 Å². The van der Waals surface area contributed by atoms with Gasteiger partial charge in [-0.15, -0.1) is 0 Å². The Balaban J connectivity index is 1.81. The molecule has 1 saturated carbocycles. The average Bonchev–Trinajstić information content (AvgIpc) is 2.83. The number of nitrogens with two attached hydrogens (primary N) is 1. The van der Waals surface area contributed by atoms with Gasteiger partial charge in [0.1, 0.15) is 11.5 Å². The van der Waals surface area contributed by atoms with Crippen LogP contribution in [-0.2, 0) is 11.2 Å². The van der Waals surface area contributed by atoms with E-state index in [4.69, 9.17) is 10.5 Å². The van der Waals surface area contributed by atoms with Crippen molar-refractivity contribution in [2.24, 2.45) is 11.7 Å². The van der Waals surface area contributed by atoms with Crippen LogP contribution in [0.3, 0.4) is 0 Å². The Morgan fingerprint density at radius 3 is 2.61 bits per heavy atom. The van der Waals surface area contributed by atoms with Crippen LogP contribution in [0, 0.1) is 5.92 Å². The molecule has 0 heterocycles. The second-order valence-electron chi connectivity index (χ2n) is 5.08. The number of benzene rings is 1. The van der Waals surface area contributed by atoms with Gasteiger partial charge in [-0.25, -0.2) is 0 Å². The summed E-state index contributed by atoms with van der Waals surface area (Å²) < 4.78 is 5.11. The highest BCUT2D eigenvalue weighted by molar-refractivity contribution is 5.81. The van der Waals surface area contributed by atoms with Crippen LogP contribution in [0.5, 0.6) is 5.75 Å². The fourth-order valence-electron chi connectivity index (χ4n) is 2.57. The van der Waals surface area contributed by atoms with Crippen molar-refractivity contribution in [1.29, 1.82) is 0 Å². The Bertz CT molecular complexity index is 399. The van der Waals surface area contributed by atoms with E-state index in [0.29, 0.717) is 12.2 Å². The third-order valence-electron chi connectivity index (χ3n) is 3.75. The van der Waals surface area contributed by atoms with Crippen molar-refractivity contribution in [3.05, 3.63) is 29.8 Å². The van der Waals surface area contributed by atoms with Gasteiger partial charge >= 0.3 is 0 Å². The van der Waals surface area contributed by atoms with Crippen LogP contribution in [0.25, 0.3) is 0 Å². The molecule has 1 aromatic carbocycles. The summed E-state index contributed by atoms with van der Waals surface area (Å²) in [5.74, 6) is 1.43. The quantitative estimate of drug-likeness (QED) is 0.868. The molecule has 0 saturated heterocycles. The van der Waals surface area contributed by atoms with Crippen LogP contribution in [0.1, 0.15) is 31.2 Å². The molecule has 2 atom stereocenters. The molecule has 0 radical (unpaired) electrons. The van der Waals surface area contributed by atoms with Crippen LogP contribution in [0.4, 0.5) is 0 Å². The minimum absolute atomic E-state index is 0.207. The van der Waals surface area contributed by atoms with Gasteiger partial charge in [0.25, 0.3) is 0 Å². The van der Waals surface area contributed by atoms with E-state index in [1.807, 2.05) is 24.3 Å². The number of Topliss-reactive ketones (excluding diaryl/α,β-unsaturated/α-hetero) is 1. The van der Waals surface area contributed by atoms with Crippen LogP contribution >= 0.6 is 0 Å². The van der Waals surface area contributed by atoms with Gasteiger partial charge in [-0.05, 0) is 43.4 Å². The van der Waals surface area contributed by atoms with Crippen LogP contribution < -0.4 is 10.5 Å². The molecule has 3 nitrogen and oxygen atoms in total. The van der Waals surface area contributed by atoms with Crippen LogP contribution in [0.15, 0.2) is 24.3 Å². The number of rotatable bonds is 5. The van der Waals surface area contributed by atoms with E-state index in [1.165, 1.54) is 5.56 Å². The number of hydrogen-bond acceptors (Lipinski definition) is 3. The zero-order chi connectivity index (χ0) is 13.0. The molecule has 1 fully saturated rings. The Hall–Kier alpha value is -1.35. The fraction of sp³-hybridized carbons (Fsp3) is 0.533. The lowest BCUT2D eigenvalue weighted by molar-refractivity contribution is -0.122. The molecule has 98 valence electrons. The van der Waals surface area contributed by atoms with E-state index >= 15 is 0 Å². The largest absolute Gasteiger partial charge is 0.497 e. The number of carbonyl (C=O) groups is 1. The SMILES string of the molecule is COc1ccc(CCC(=O)C2CCC(N)C2)cc1. The molecule has 2 N–H and O–H groups in total. The first-order valence-corrected chi connectivity index (χ1v) is 6.60. The summed E-state index contributed by atoms with van der Waals surface area (Å²) in [6.07, 6.45) is 4.29. The molecule has 2 unspecified atom stereocenters. The predicted octanol–water partition coefficient (Wildman–Crippen LogP) is 2.32. The highest BCUT2D eigenvalue weighted by Crippen LogP contribution is 2.26. The Morgan fingerprint density at radius 1 is 1.33 bits per heavy atom. The van der Waals surface area contributed by atoms with Crippen molar-refractivity contribution in [2.45, 2.75) is 38.1 Å². The first-order chi connectivity index (χ1) is 8.69. The van der Waals surface area contributed by atoms with Crippen molar-refractivity contribution in [2.75, 3.05) is 7.11 Å². The summed E-state index contributed by atoms with van der Waals surface area (Å²) in [6.45, 7) is 0. The predicted molar refractivity (Wildman–Crippen MR) is 71.6 cm³/mol. The van der Waals surface area contributed by atoms with E-state index in [-0.39, 0.29) is 12.0 Å². The van der Waals surface area contributed by atoms with E-state index in [0.717, 1.165) is 31.4 Å². The first-order valence-electron chi connectivity index (χ1n) is 6.60. The molecule has 0 bridgehead atoms. The second kappa shape index (κ2) is 6.01. The molecule has 2 rings (SSSR count). The highest BCUT2D eigenvalue weighted by atomic mass is 16.5. The van der Waals surface area contributed by atoms with E-state index in [2.05, 4.69) is 0 Å². The van der Waals surface area contributed by atoms with Gasteiger partial charge in [0.2, 0.25) is 0 Å². The number of ether oxygens (including phenoxy) is 1. The highest BCUT2D eigenvalue weighted by Gasteiger charge is 2.26. The number of methoxy groups -OCH3 is 1. The number of ketones is 1. The summed E-state index contributed by atoms with van der Waals surface area (Å²) in [5.41, 5.74) is 7.02. The monoisotopic (exact) mass is 247 g/mol. The third-order valence-corrected chi connectivity index (χ3v) is 3.75. The van der Waals surface area contributed by atoms with E-state index in [1.54, 1.807) is 7.11 Å². The standard InChI is InChI=1S/C15H21NO2/c1-18-14-7-2-11(3-8-14)4-9-15(17)12-5-6-13(16)10-12/h2-3,7-8,12-13H,4-6,9-10,16H2,1H3. The normalized spacial score (nSPS) is 23.0. The summed E-state index contributed by atoms with van der Waals surface area (Å²) in [4.78, 5) is 12.0. The maximum Gasteiger partial charge on any atom is 0.136 e. The smallest absolute Gasteiger partial charge is 0.136 e. The van der Waals surface area contributed by atoms with Crippen molar-refractivity contribution in [3.63, 3.8) is 0 Å². The van der Waals surface area contributed by atoms with Gasteiger partial charge in [0, 0.05) is 18.4 Å². The lowest BCUT2D eigenvalue weighted by Crippen LogP contribution is -2.18. The molecule has 1 aliphatic rings. The maximum absolute atomic E-state index is 12.0. The first kappa shape index (κ1) is 13.1. The van der Waals surface area contributed by atoms with E-state index < -0.39 is 0 Å². The van der Waals surface area contributed by atoms with Gasteiger partial charge < -0.3 is 10.5 Å². The summed E-state index contributed by atoms with van der Waals surface area (Å²) >= 11 is 0. The molecule has 0 aromatic heterocycles. The minimum atomic E-state index is 0.207. The maximum atomic E-state index is 12.0. The summed E-state index contributed by atoms with van der Waals surface area (Å²) in [7, 11) is 1.65. The third kappa shape index (κ3) is 3.33. The lowest BCUT2D eigenvalue weighted by Gasteiger charge is -2.08. The Morgan fingerprint density at radius 2 is 2.06 bits per heavy atom. The van der Waals surface area contributed by atoms with Gasteiger partial charge in [-0.3, -0.25) is 4.79 Å². The minimum Gasteiger partial charge on any atom is -0.497 e. The lowest BCUT2D eigenvalue weighted by atomic mass is 9.96. The summed E-state index contributed by atoms with van der Waals surface area (Å²) in [6, 6.07) is 8.15. The van der Waals surface area contributed by atoms with Crippen molar-refractivity contribution < 1.29 is 9.53 Å². The van der Waals surface area contributed by atoms with Crippen molar-refractivity contribution >= 4 is 5.78 Å². The van der Waals surface area contributed by atoms with Gasteiger partial charge in [-0.1, -0.05) is 12.1 Å². The molecular formula is C15H21NO2. The van der Waals surface area contributed by atoms with Crippen LogP contribution in [0.2, 0.25) is 0 Å². The topological polar surface area (TPSA) is 52.3 Å². The van der Waals surface area contributed by atoms with Gasteiger partial charge in [0.05, 0.1) is 7.11 Å². The molecule has 1 aliphatic carbocycles. The zero-order valence-electron chi connectivity index (χ0n) is 10.9. The van der Waals surface area contributed by atoms with Gasteiger partial charge in [-0.2, -0.15) is 0 Å². The molecule has 1 aromatic rings.